The van der Waals surface area contributed by atoms with E-state index in [2.05, 4.69) is 0 Å². The number of ether oxygens (including phenoxy) is 1. The highest BCUT2D eigenvalue weighted by Gasteiger charge is 2.27. The van der Waals surface area contributed by atoms with Crippen molar-refractivity contribution in [2.24, 2.45) is 5.92 Å². The number of hydrogen-bond donors (Lipinski definition) is 2. The number of carboxylic acid groups (broad SMARTS) is 1. The van der Waals surface area contributed by atoms with Gasteiger partial charge in [0.2, 0.25) is 0 Å². The van der Waals surface area contributed by atoms with Gasteiger partial charge in [-0.15, -0.1) is 0 Å². The molecule has 0 aromatic carbocycles. The summed E-state index contributed by atoms with van der Waals surface area (Å²) in [6.07, 6.45) is 1.78. The van der Waals surface area contributed by atoms with Crippen molar-refractivity contribution < 1.29 is 24.5 Å². The lowest BCUT2D eigenvalue weighted by atomic mass is 9.92. The van der Waals surface area contributed by atoms with Crippen LogP contribution in [0.3, 0.4) is 0 Å². The van der Waals surface area contributed by atoms with Gasteiger partial charge in [0.05, 0.1) is 12.5 Å². The molecule has 1 unspecified atom stereocenters. The number of likely N-dealkylation sites (tertiary alicyclic amines) is 1. The van der Waals surface area contributed by atoms with Gasteiger partial charge in [0.25, 0.3) is 0 Å². The summed E-state index contributed by atoms with van der Waals surface area (Å²) in [5.74, 6) is -0.684. The minimum Gasteiger partial charge on any atom is -0.481 e. The minimum absolute atomic E-state index is 0.220. The molecule has 1 aliphatic rings. The SMILES string of the molecule is CC(C)(C)OC(=O)N1CCCC(CC[C@@H](O)CC(=O)O)C1. The largest absolute Gasteiger partial charge is 0.481 e. The zero-order chi connectivity index (χ0) is 16.0. The Kier molecular flexibility index (Phi) is 6.45. The number of hydrogen-bond acceptors (Lipinski definition) is 4. The van der Waals surface area contributed by atoms with Crippen molar-refractivity contribution in [2.45, 2.75) is 64.6 Å². The fourth-order valence-corrected chi connectivity index (χ4v) is 2.52. The van der Waals surface area contributed by atoms with E-state index in [1.165, 1.54) is 0 Å². The average Bonchev–Trinajstić information content (AvgIpc) is 2.34. The molecule has 1 heterocycles. The number of carboxylic acids is 1. The number of aliphatic hydroxyl groups is 1. The number of aliphatic carboxylic acids is 1. The van der Waals surface area contributed by atoms with Crippen LogP contribution in [0.4, 0.5) is 4.79 Å². The Labute approximate surface area is 126 Å². The number of piperidine rings is 1. The summed E-state index contributed by atoms with van der Waals surface area (Å²) in [7, 11) is 0. The molecule has 1 amide bonds. The molecule has 122 valence electrons. The first-order valence-corrected chi connectivity index (χ1v) is 7.55. The molecule has 0 bridgehead atoms. The molecule has 0 saturated carbocycles. The zero-order valence-electron chi connectivity index (χ0n) is 13.2. The molecule has 0 spiro atoms. The third kappa shape index (κ3) is 7.32. The van der Waals surface area contributed by atoms with Crippen LogP contribution in [0.25, 0.3) is 0 Å². The maximum atomic E-state index is 12.0. The topological polar surface area (TPSA) is 87.1 Å². The summed E-state index contributed by atoms with van der Waals surface area (Å²) in [6, 6.07) is 0. The van der Waals surface area contributed by atoms with E-state index in [9.17, 15) is 14.7 Å². The van der Waals surface area contributed by atoms with Crippen LogP contribution in [-0.2, 0) is 9.53 Å². The summed E-state index contributed by atoms with van der Waals surface area (Å²) in [5, 5.41) is 18.2. The number of carbonyl (C=O) groups excluding carboxylic acids is 1. The van der Waals surface area contributed by atoms with E-state index in [1.807, 2.05) is 20.8 Å². The maximum absolute atomic E-state index is 12.0. The van der Waals surface area contributed by atoms with Crippen LogP contribution in [0.5, 0.6) is 0 Å². The van der Waals surface area contributed by atoms with E-state index < -0.39 is 17.7 Å². The van der Waals surface area contributed by atoms with Crippen LogP contribution in [-0.4, -0.2) is 52.0 Å². The Balaban J connectivity index is 2.38. The molecular formula is C15H27NO5. The molecule has 0 aromatic rings. The van der Waals surface area contributed by atoms with Crippen molar-refractivity contribution >= 4 is 12.1 Å². The van der Waals surface area contributed by atoms with E-state index >= 15 is 0 Å². The van der Waals surface area contributed by atoms with Gasteiger partial charge in [-0.25, -0.2) is 4.79 Å². The van der Waals surface area contributed by atoms with Crippen molar-refractivity contribution in [2.75, 3.05) is 13.1 Å². The standard InChI is InChI=1S/C15H27NO5/c1-15(2,3)21-14(20)16-8-4-5-11(10-16)6-7-12(17)9-13(18)19/h11-12,17H,4-10H2,1-3H3,(H,18,19)/t11?,12-/m1/s1. The van der Waals surface area contributed by atoms with E-state index in [0.717, 1.165) is 19.3 Å². The molecule has 0 radical (unpaired) electrons. The van der Waals surface area contributed by atoms with Gasteiger partial charge < -0.3 is 19.8 Å². The highest BCUT2D eigenvalue weighted by molar-refractivity contribution is 5.68. The molecule has 1 fully saturated rings. The zero-order valence-corrected chi connectivity index (χ0v) is 13.2. The minimum atomic E-state index is -0.985. The molecular weight excluding hydrogens is 274 g/mol. The fourth-order valence-electron chi connectivity index (χ4n) is 2.52. The summed E-state index contributed by atoms with van der Waals surface area (Å²) in [6.45, 7) is 6.84. The van der Waals surface area contributed by atoms with Crippen molar-refractivity contribution in [3.05, 3.63) is 0 Å². The molecule has 21 heavy (non-hydrogen) atoms. The second kappa shape index (κ2) is 7.64. The summed E-state index contributed by atoms with van der Waals surface area (Å²) in [5.41, 5.74) is -0.498. The number of rotatable bonds is 5. The molecule has 0 aromatic heterocycles. The second-order valence-corrected chi connectivity index (χ2v) is 6.76. The third-order valence-electron chi connectivity index (χ3n) is 3.49. The van der Waals surface area contributed by atoms with Gasteiger partial charge in [0, 0.05) is 13.1 Å². The van der Waals surface area contributed by atoms with Crippen LogP contribution >= 0.6 is 0 Å². The van der Waals surface area contributed by atoms with Crippen LogP contribution in [0, 0.1) is 5.92 Å². The van der Waals surface area contributed by atoms with Crippen LogP contribution in [0.15, 0.2) is 0 Å². The molecule has 6 heteroatoms. The van der Waals surface area contributed by atoms with Gasteiger partial charge in [-0.3, -0.25) is 4.79 Å². The Hall–Kier alpha value is -1.30. The van der Waals surface area contributed by atoms with Crippen LogP contribution in [0.1, 0.15) is 52.9 Å². The molecule has 0 aliphatic carbocycles. The number of aliphatic hydroxyl groups excluding tert-OH is 1. The highest BCUT2D eigenvalue weighted by Crippen LogP contribution is 2.23. The van der Waals surface area contributed by atoms with Crippen molar-refractivity contribution in [1.29, 1.82) is 0 Å². The Morgan fingerprint density at radius 2 is 2.05 bits per heavy atom. The molecule has 6 nitrogen and oxygen atoms in total. The number of amides is 1. The lowest BCUT2D eigenvalue weighted by molar-refractivity contribution is -0.139. The Morgan fingerprint density at radius 1 is 1.38 bits per heavy atom. The molecule has 1 aliphatic heterocycles. The fraction of sp³-hybridized carbons (Fsp3) is 0.867. The molecule has 1 saturated heterocycles. The Bertz CT molecular complexity index is 364. The van der Waals surface area contributed by atoms with Gasteiger partial charge in [-0.05, 0) is 52.4 Å². The quantitative estimate of drug-likeness (QED) is 0.813. The molecule has 2 atom stereocenters. The number of carbonyl (C=O) groups is 2. The van der Waals surface area contributed by atoms with E-state index in [-0.39, 0.29) is 12.5 Å². The average molecular weight is 301 g/mol. The summed E-state index contributed by atoms with van der Waals surface area (Å²) >= 11 is 0. The van der Waals surface area contributed by atoms with Crippen molar-refractivity contribution in [3.8, 4) is 0 Å². The van der Waals surface area contributed by atoms with Gasteiger partial charge in [0.15, 0.2) is 0 Å². The summed E-state index contributed by atoms with van der Waals surface area (Å²) < 4.78 is 5.36. The predicted octanol–water partition coefficient (Wildman–Crippen LogP) is 2.25. The van der Waals surface area contributed by atoms with E-state index in [1.54, 1.807) is 4.90 Å². The van der Waals surface area contributed by atoms with Crippen LogP contribution < -0.4 is 0 Å². The van der Waals surface area contributed by atoms with Crippen molar-refractivity contribution in [1.82, 2.24) is 4.90 Å². The normalized spacial score (nSPS) is 21.0. The first-order chi connectivity index (χ1) is 9.67. The monoisotopic (exact) mass is 301 g/mol. The van der Waals surface area contributed by atoms with Gasteiger partial charge in [-0.2, -0.15) is 0 Å². The smallest absolute Gasteiger partial charge is 0.410 e. The lowest BCUT2D eigenvalue weighted by Gasteiger charge is -2.34. The van der Waals surface area contributed by atoms with Crippen LogP contribution in [0.2, 0.25) is 0 Å². The molecule has 2 N–H and O–H groups in total. The van der Waals surface area contributed by atoms with E-state index in [0.29, 0.717) is 25.4 Å². The first kappa shape index (κ1) is 17.8. The van der Waals surface area contributed by atoms with Gasteiger partial charge in [-0.1, -0.05) is 0 Å². The first-order valence-electron chi connectivity index (χ1n) is 7.55. The maximum Gasteiger partial charge on any atom is 0.410 e. The molecule has 1 rings (SSSR count). The lowest BCUT2D eigenvalue weighted by Crippen LogP contribution is -2.43. The van der Waals surface area contributed by atoms with Gasteiger partial charge >= 0.3 is 12.1 Å². The summed E-state index contributed by atoms with van der Waals surface area (Å²) in [4.78, 5) is 24.2. The second-order valence-electron chi connectivity index (χ2n) is 6.76. The van der Waals surface area contributed by atoms with Gasteiger partial charge in [0.1, 0.15) is 5.60 Å². The van der Waals surface area contributed by atoms with E-state index in [4.69, 9.17) is 9.84 Å². The number of nitrogens with zero attached hydrogens (tertiary/aromatic N) is 1. The third-order valence-corrected chi connectivity index (χ3v) is 3.49. The predicted molar refractivity (Wildman–Crippen MR) is 78.0 cm³/mol. The van der Waals surface area contributed by atoms with Crippen molar-refractivity contribution in [3.63, 3.8) is 0 Å². The Morgan fingerprint density at radius 3 is 2.62 bits per heavy atom. The highest BCUT2D eigenvalue weighted by atomic mass is 16.6.